The molecule has 1 aromatic rings. The summed E-state index contributed by atoms with van der Waals surface area (Å²) in [6.07, 6.45) is 1.42. The van der Waals surface area contributed by atoms with Gasteiger partial charge in [-0.3, -0.25) is 4.79 Å². The molecule has 0 saturated heterocycles. The zero-order valence-corrected chi connectivity index (χ0v) is 11.4. The van der Waals surface area contributed by atoms with Crippen molar-refractivity contribution in [2.24, 2.45) is 5.73 Å². The van der Waals surface area contributed by atoms with Gasteiger partial charge in [0, 0.05) is 6.42 Å². The van der Waals surface area contributed by atoms with E-state index in [9.17, 15) is 4.79 Å². The molecule has 0 aromatic heterocycles. The van der Waals surface area contributed by atoms with Crippen LogP contribution < -0.4 is 10.5 Å². The first-order valence-corrected chi connectivity index (χ1v) is 6.69. The molecule has 3 N–H and O–H groups in total. The Labute approximate surface area is 113 Å². The van der Waals surface area contributed by atoms with Gasteiger partial charge in [0.2, 0.25) is 0 Å². The van der Waals surface area contributed by atoms with Crippen LogP contribution in [0.1, 0.15) is 44.6 Å². The van der Waals surface area contributed by atoms with Gasteiger partial charge in [-0.2, -0.15) is 0 Å². The lowest BCUT2D eigenvalue weighted by atomic mass is 10.00. The summed E-state index contributed by atoms with van der Waals surface area (Å²) >= 11 is 0. The summed E-state index contributed by atoms with van der Waals surface area (Å²) in [5.74, 6) is 0.306. The molecule has 1 saturated carbocycles. The van der Waals surface area contributed by atoms with Crippen molar-refractivity contribution in [3.63, 3.8) is 0 Å². The molecule has 1 aliphatic carbocycles. The smallest absolute Gasteiger partial charge is 0.323 e. The van der Waals surface area contributed by atoms with E-state index < -0.39 is 11.5 Å². The molecule has 4 heteroatoms. The van der Waals surface area contributed by atoms with Crippen LogP contribution in [-0.2, 0) is 4.79 Å². The highest BCUT2D eigenvalue weighted by molar-refractivity contribution is 5.79. The molecule has 2 unspecified atom stereocenters. The molecule has 2 atom stereocenters. The molecule has 19 heavy (non-hydrogen) atoms. The SMILES string of the molecule is CC(C)c1cccc(OC2CCC(N)(C(=O)O)C2)c1. The number of nitrogens with two attached hydrogens (primary N) is 1. The van der Waals surface area contributed by atoms with Crippen LogP contribution in [0.25, 0.3) is 0 Å². The summed E-state index contributed by atoms with van der Waals surface area (Å²) in [5.41, 5.74) is 5.94. The Morgan fingerprint density at radius 1 is 1.53 bits per heavy atom. The Morgan fingerprint density at radius 3 is 2.84 bits per heavy atom. The molecule has 2 rings (SSSR count). The number of aliphatic carboxylic acids is 1. The van der Waals surface area contributed by atoms with Crippen LogP contribution in [-0.4, -0.2) is 22.7 Å². The van der Waals surface area contributed by atoms with Gasteiger partial charge in [0.25, 0.3) is 0 Å². The van der Waals surface area contributed by atoms with E-state index in [0.717, 1.165) is 5.75 Å². The third-order valence-corrected chi connectivity index (χ3v) is 3.76. The van der Waals surface area contributed by atoms with Crippen LogP contribution in [0.5, 0.6) is 5.75 Å². The fourth-order valence-corrected chi connectivity index (χ4v) is 2.46. The Bertz CT molecular complexity index is 472. The first kappa shape index (κ1) is 13.9. The van der Waals surface area contributed by atoms with E-state index in [1.807, 2.05) is 18.2 Å². The van der Waals surface area contributed by atoms with Crippen LogP contribution >= 0.6 is 0 Å². The van der Waals surface area contributed by atoms with Gasteiger partial charge in [-0.1, -0.05) is 26.0 Å². The van der Waals surface area contributed by atoms with Gasteiger partial charge in [0.1, 0.15) is 17.4 Å². The molecular formula is C15H21NO3. The van der Waals surface area contributed by atoms with E-state index >= 15 is 0 Å². The third kappa shape index (κ3) is 3.07. The predicted octanol–water partition coefficient (Wildman–Crippen LogP) is 2.52. The molecule has 1 aliphatic rings. The number of rotatable bonds is 4. The van der Waals surface area contributed by atoms with Gasteiger partial charge in [-0.25, -0.2) is 0 Å². The minimum absolute atomic E-state index is 0.108. The number of carbonyl (C=O) groups is 1. The van der Waals surface area contributed by atoms with Gasteiger partial charge >= 0.3 is 5.97 Å². The van der Waals surface area contributed by atoms with Crippen molar-refractivity contribution in [3.05, 3.63) is 29.8 Å². The third-order valence-electron chi connectivity index (χ3n) is 3.76. The quantitative estimate of drug-likeness (QED) is 0.875. The molecule has 0 heterocycles. The summed E-state index contributed by atoms with van der Waals surface area (Å²) in [5, 5.41) is 9.09. The highest BCUT2D eigenvalue weighted by atomic mass is 16.5. The maximum absolute atomic E-state index is 11.1. The Balaban J connectivity index is 2.03. The number of ether oxygens (including phenoxy) is 1. The van der Waals surface area contributed by atoms with Gasteiger partial charge < -0.3 is 15.6 Å². The Hall–Kier alpha value is -1.55. The number of benzene rings is 1. The number of hydrogen-bond donors (Lipinski definition) is 2. The Kier molecular flexibility index (Phi) is 3.80. The molecule has 0 radical (unpaired) electrons. The number of carboxylic acid groups (broad SMARTS) is 1. The summed E-state index contributed by atoms with van der Waals surface area (Å²) in [6.45, 7) is 4.26. The van der Waals surface area contributed by atoms with Crippen molar-refractivity contribution in [3.8, 4) is 5.75 Å². The summed E-state index contributed by atoms with van der Waals surface area (Å²) in [6, 6.07) is 7.95. The zero-order chi connectivity index (χ0) is 14.0. The highest BCUT2D eigenvalue weighted by Gasteiger charge is 2.43. The van der Waals surface area contributed by atoms with E-state index in [4.69, 9.17) is 15.6 Å². The average Bonchev–Trinajstić information content (AvgIpc) is 2.72. The van der Waals surface area contributed by atoms with Crippen molar-refractivity contribution in [2.45, 2.75) is 50.7 Å². The molecule has 1 fully saturated rings. The van der Waals surface area contributed by atoms with Crippen molar-refractivity contribution in [1.82, 2.24) is 0 Å². The van der Waals surface area contributed by atoms with Gasteiger partial charge in [0.05, 0.1) is 0 Å². The predicted molar refractivity (Wildman–Crippen MR) is 73.4 cm³/mol. The largest absolute Gasteiger partial charge is 0.490 e. The molecule has 0 spiro atoms. The minimum Gasteiger partial charge on any atom is -0.490 e. The second-order valence-corrected chi connectivity index (χ2v) is 5.67. The van der Waals surface area contributed by atoms with Gasteiger partial charge in [0.15, 0.2) is 0 Å². The molecule has 0 aliphatic heterocycles. The van der Waals surface area contributed by atoms with E-state index in [1.54, 1.807) is 0 Å². The summed E-state index contributed by atoms with van der Waals surface area (Å²) < 4.78 is 5.87. The first-order chi connectivity index (χ1) is 8.90. The second kappa shape index (κ2) is 5.21. The van der Waals surface area contributed by atoms with Crippen molar-refractivity contribution < 1.29 is 14.6 Å². The standard InChI is InChI=1S/C15H21NO3/c1-10(2)11-4-3-5-12(8-11)19-13-6-7-15(16,9-13)14(17)18/h3-5,8,10,13H,6-7,9,16H2,1-2H3,(H,17,18). The van der Waals surface area contributed by atoms with E-state index in [2.05, 4.69) is 19.9 Å². The minimum atomic E-state index is -1.12. The lowest BCUT2D eigenvalue weighted by Gasteiger charge is -2.19. The summed E-state index contributed by atoms with van der Waals surface area (Å²) in [7, 11) is 0. The molecule has 0 bridgehead atoms. The lowest BCUT2D eigenvalue weighted by molar-refractivity contribution is -0.143. The second-order valence-electron chi connectivity index (χ2n) is 5.67. The van der Waals surface area contributed by atoms with Gasteiger partial charge in [-0.15, -0.1) is 0 Å². The number of carboxylic acids is 1. The van der Waals surface area contributed by atoms with Gasteiger partial charge in [-0.05, 0) is 36.5 Å². The van der Waals surface area contributed by atoms with Crippen LogP contribution in [0.4, 0.5) is 0 Å². The fraction of sp³-hybridized carbons (Fsp3) is 0.533. The van der Waals surface area contributed by atoms with Crippen molar-refractivity contribution in [1.29, 1.82) is 0 Å². The maximum Gasteiger partial charge on any atom is 0.323 e. The van der Waals surface area contributed by atoms with Crippen LogP contribution in [0.15, 0.2) is 24.3 Å². The van der Waals surface area contributed by atoms with E-state index in [1.165, 1.54) is 5.56 Å². The lowest BCUT2D eigenvalue weighted by Crippen LogP contribution is -2.46. The molecular weight excluding hydrogens is 242 g/mol. The first-order valence-electron chi connectivity index (χ1n) is 6.69. The van der Waals surface area contributed by atoms with E-state index in [0.29, 0.717) is 25.2 Å². The fourth-order valence-electron chi connectivity index (χ4n) is 2.46. The number of hydrogen-bond acceptors (Lipinski definition) is 3. The van der Waals surface area contributed by atoms with Crippen LogP contribution in [0.3, 0.4) is 0 Å². The normalized spacial score (nSPS) is 26.6. The molecule has 0 amide bonds. The molecule has 4 nitrogen and oxygen atoms in total. The topological polar surface area (TPSA) is 72.5 Å². The molecule has 104 valence electrons. The maximum atomic E-state index is 11.1. The average molecular weight is 263 g/mol. The monoisotopic (exact) mass is 263 g/mol. The summed E-state index contributed by atoms with van der Waals surface area (Å²) in [4.78, 5) is 11.1. The van der Waals surface area contributed by atoms with Crippen LogP contribution in [0.2, 0.25) is 0 Å². The van der Waals surface area contributed by atoms with Crippen molar-refractivity contribution in [2.75, 3.05) is 0 Å². The zero-order valence-electron chi connectivity index (χ0n) is 11.4. The van der Waals surface area contributed by atoms with E-state index in [-0.39, 0.29) is 6.10 Å². The van der Waals surface area contributed by atoms with Crippen LogP contribution in [0, 0.1) is 0 Å². The Morgan fingerprint density at radius 2 is 2.26 bits per heavy atom. The van der Waals surface area contributed by atoms with Crippen molar-refractivity contribution >= 4 is 5.97 Å². The highest BCUT2D eigenvalue weighted by Crippen LogP contribution is 2.32. The molecule has 1 aromatic carbocycles.